The summed E-state index contributed by atoms with van der Waals surface area (Å²) in [5, 5.41) is 2.90. The van der Waals surface area contributed by atoms with E-state index in [9.17, 15) is 4.79 Å². The molecule has 1 aliphatic rings. The highest BCUT2D eigenvalue weighted by atomic mass is 32.1. The third-order valence-corrected chi connectivity index (χ3v) is 6.15. The molecule has 1 aromatic carbocycles. The first-order valence-electron chi connectivity index (χ1n) is 11.1. The number of piperidine rings is 1. The molecule has 0 N–H and O–H groups in total. The van der Waals surface area contributed by atoms with Crippen molar-refractivity contribution in [2.45, 2.75) is 60.3 Å². The summed E-state index contributed by atoms with van der Waals surface area (Å²) in [6.45, 7) is 13.0. The molecule has 164 valence electrons. The third kappa shape index (κ3) is 6.39. The predicted molar refractivity (Wildman–Crippen MR) is 128 cm³/mol. The number of aryl methyl sites for hydroxylation is 2. The normalized spacial score (nSPS) is 13.9. The van der Waals surface area contributed by atoms with Gasteiger partial charge in [0.05, 0.1) is 17.0 Å². The van der Waals surface area contributed by atoms with Crippen molar-refractivity contribution >= 4 is 29.3 Å². The number of hydrogen-bond donors (Lipinski definition) is 0. The Morgan fingerprint density at radius 3 is 2.57 bits per heavy atom. The van der Waals surface area contributed by atoms with Crippen LogP contribution in [0.1, 0.15) is 72.2 Å². The number of aliphatic imine (C=N–C) groups is 1. The molecule has 0 saturated carbocycles. The van der Waals surface area contributed by atoms with Gasteiger partial charge in [0.1, 0.15) is 5.69 Å². The molecule has 5 nitrogen and oxygen atoms in total. The van der Waals surface area contributed by atoms with E-state index in [2.05, 4.69) is 47.8 Å². The monoisotopic (exact) mass is 428 g/mol. The first kappa shape index (κ1) is 24.1. The lowest BCUT2D eigenvalue weighted by Crippen LogP contribution is -2.35. The molecule has 1 aromatic heterocycles. The summed E-state index contributed by atoms with van der Waals surface area (Å²) in [6, 6.07) is 4.33. The lowest BCUT2D eigenvalue weighted by molar-refractivity contribution is 0.0719. The van der Waals surface area contributed by atoms with Crippen LogP contribution in [-0.4, -0.2) is 53.7 Å². The summed E-state index contributed by atoms with van der Waals surface area (Å²) < 4.78 is 0. The molecule has 1 amide bonds. The molecule has 0 atom stereocenters. The van der Waals surface area contributed by atoms with Crippen molar-refractivity contribution in [3.05, 3.63) is 44.9 Å². The number of nitrogens with zero attached hydrogens (tertiary/aromatic N) is 4. The average Bonchev–Trinajstić information content (AvgIpc) is 3.24. The van der Waals surface area contributed by atoms with E-state index in [1.165, 1.54) is 17.5 Å². The first-order valence-corrected chi connectivity index (χ1v) is 11.9. The zero-order valence-electron chi connectivity index (χ0n) is 19.4. The SMILES string of the molecule is CC.CCN(C)C=Nc1cc(C)c(Cc2nc(C(=O)N3CCCCC3)cs2)cc1C. The molecule has 1 aliphatic heterocycles. The minimum Gasteiger partial charge on any atom is -0.366 e. The van der Waals surface area contributed by atoms with E-state index in [1.54, 1.807) is 11.3 Å². The molecule has 0 radical (unpaired) electrons. The Hall–Kier alpha value is -2.21. The number of thiazole rings is 1. The summed E-state index contributed by atoms with van der Waals surface area (Å²) in [7, 11) is 2.02. The summed E-state index contributed by atoms with van der Waals surface area (Å²) in [5.74, 6) is 0.0832. The van der Waals surface area contributed by atoms with Crippen LogP contribution in [0, 0.1) is 13.8 Å². The summed E-state index contributed by atoms with van der Waals surface area (Å²) in [5.41, 5.74) is 5.20. The highest BCUT2D eigenvalue weighted by Gasteiger charge is 2.20. The maximum atomic E-state index is 12.6. The second-order valence-electron chi connectivity index (χ2n) is 7.54. The number of carbonyl (C=O) groups excluding carboxylic acids is 1. The standard InChI is InChI=1S/C22H30N4OS.C2H6/c1-5-25(4)15-23-19-12-16(2)18(11-17(19)3)13-21-24-20(14-28-21)22(27)26-9-7-6-8-10-26;1-2/h11-12,14-15H,5-10,13H2,1-4H3;1-2H3. The third-order valence-electron chi connectivity index (χ3n) is 5.30. The Bertz CT molecular complexity index is 853. The minimum absolute atomic E-state index is 0.0832. The van der Waals surface area contributed by atoms with Crippen LogP contribution in [0.15, 0.2) is 22.5 Å². The fraction of sp³-hybridized carbons (Fsp3) is 0.542. The second kappa shape index (κ2) is 11.8. The Labute approximate surface area is 185 Å². The van der Waals surface area contributed by atoms with E-state index in [0.29, 0.717) is 5.69 Å². The first-order chi connectivity index (χ1) is 14.5. The van der Waals surface area contributed by atoms with Crippen molar-refractivity contribution in [1.82, 2.24) is 14.8 Å². The van der Waals surface area contributed by atoms with Gasteiger partial charge in [-0.1, -0.05) is 19.9 Å². The molecule has 1 fully saturated rings. The maximum absolute atomic E-state index is 12.6. The summed E-state index contributed by atoms with van der Waals surface area (Å²) >= 11 is 1.58. The van der Waals surface area contributed by atoms with Crippen LogP contribution >= 0.6 is 11.3 Å². The molecule has 0 spiro atoms. The van der Waals surface area contributed by atoms with Crippen molar-refractivity contribution in [3.8, 4) is 0 Å². The molecule has 6 heteroatoms. The molecule has 2 aromatic rings. The van der Waals surface area contributed by atoms with Crippen molar-refractivity contribution < 1.29 is 4.79 Å². The zero-order valence-corrected chi connectivity index (χ0v) is 20.2. The molecular formula is C24H36N4OS. The van der Waals surface area contributed by atoms with Crippen molar-refractivity contribution in [1.29, 1.82) is 0 Å². The average molecular weight is 429 g/mol. The van der Waals surface area contributed by atoms with E-state index < -0.39 is 0 Å². The quantitative estimate of drug-likeness (QED) is 0.443. The maximum Gasteiger partial charge on any atom is 0.273 e. The smallest absolute Gasteiger partial charge is 0.273 e. The molecule has 0 unspecified atom stereocenters. The number of carbonyl (C=O) groups is 1. The highest BCUT2D eigenvalue weighted by molar-refractivity contribution is 7.09. The second-order valence-corrected chi connectivity index (χ2v) is 8.48. The van der Waals surface area contributed by atoms with Gasteiger partial charge < -0.3 is 9.80 Å². The molecule has 0 bridgehead atoms. The van der Waals surface area contributed by atoms with Crippen molar-refractivity contribution in [3.63, 3.8) is 0 Å². The number of rotatable bonds is 6. The molecule has 30 heavy (non-hydrogen) atoms. The summed E-state index contributed by atoms with van der Waals surface area (Å²) in [6.07, 6.45) is 6.05. The lowest BCUT2D eigenvalue weighted by atomic mass is 10.0. The van der Waals surface area contributed by atoms with Gasteiger partial charge >= 0.3 is 0 Å². The van der Waals surface area contributed by atoms with Gasteiger partial charge in [0.2, 0.25) is 0 Å². The Morgan fingerprint density at radius 2 is 1.90 bits per heavy atom. The van der Waals surface area contributed by atoms with Gasteiger partial charge in [-0.25, -0.2) is 9.98 Å². The number of aromatic nitrogens is 1. The predicted octanol–water partition coefficient (Wildman–Crippen LogP) is 5.61. The van der Waals surface area contributed by atoms with E-state index >= 15 is 0 Å². The van der Waals surface area contributed by atoms with Crippen LogP contribution in [0.4, 0.5) is 5.69 Å². The topological polar surface area (TPSA) is 48.8 Å². The number of hydrogen-bond acceptors (Lipinski definition) is 4. The van der Waals surface area contributed by atoms with Crippen molar-refractivity contribution in [2.24, 2.45) is 4.99 Å². The van der Waals surface area contributed by atoms with Gasteiger partial charge in [-0.3, -0.25) is 4.79 Å². The van der Waals surface area contributed by atoms with Crippen LogP contribution in [0.5, 0.6) is 0 Å². The van der Waals surface area contributed by atoms with Crippen LogP contribution in [0.2, 0.25) is 0 Å². The number of benzene rings is 1. The Balaban J connectivity index is 0.00000155. The van der Waals surface area contributed by atoms with Gasteiger partial charge in [-0.15, -0.1) is 11.3 Å². The Morgan fingerprint density at radius 1 is 1.20 bits per heavy atom. The number of amides is 1. The Kier molecular flexibility index (Phi) is 9.50. The molecule has 0 aliphatic carbocycles. The molecule has 2 heterocycles. The van der Waals surface area contributed by atoms with Gasteiger partial charge in [-0.05, 0) is 62.8 Å². The molecule has 1 saturated heterocycles. The minimum atomic E-state index is 0.0832. The van der Waals surface area contributed by atoms with E-state index in [0.717, 1.165) is 55.2 Å². The van der Waals surface area contributed by atoms with Crippen LogP contribution in [0.3, 0.4) is 0 Å². The van der Waals surface area contributed by atoms with Gasteiger partial charge in [0.25, 0.3) is 5.91 Å². The van der Waals surface area contributed by atoms with E-state index in [1.807, 2.05) is 37.5 Å². The highest BCUT2D eigenvalue weighted by Crippen LogP contribution is 2.26. The van der Waals surface area contributed by atoms with Crippen LogP contribution in [0.25, 0.3) is 0 Å². The fourth-order valence-corrected chi connectivity index (χ4v) is 4.14. The van der Waals surface area contributed by atoms with Crippen LogP contribution < -0.4 is 0 Å². The largest absolute Gasteiger partial charge is 0.366 e. The van der Waals surface area contributed by atoms with Gasteiger partial charge in [-0.2, -0.15) is 0 Å². The van der Waals surface area contributed by atoms with Gasteiger partial charge in [0.15, 0.2) is 0 Å². The van der Waals surface area contributed by atoms with Crippen molar-refractivity contribution in [2.75, 3.05) is 26.7 Å². The molecular weight excluding hydrogens is 392 g/mol. The fourth-order valence-electron chi connectivity index (χ4n) is 3.34. The number of likely N-dealkylation sites (tertiary alicyclic amines) is 1. The lowest BCUT2D eigenvalue weighted by Gasteiger charge is -2.25. The van der Waals surface area contributed by atoms with E-state index in [4.69, 9.17) is 0 Å². The van der Waals surface area contributed by atoms with Crippen LogP contribution in [-0.2, 0) is 6.42 Å². The molecule has 3 rings (SSSR count). The zero-order chi connectivity index (χ0) is 22.1. The van der Waals surface area contributed by atoms with E-state index in [-0.39, 0.29) is 5.91 Å². The van der Waals surface area contributed by atoms with Gasteiger partial charge in [0, 0.05) is 38.5 Å². The summed E-state index contributed by atoms with van der Waals surface area (Å²) in [4.78, 5) is 25.9.